The monoisotopic (exact) mass is 829 g/mol. The van der Waals surface area contributed by atoms with Crippen LogP contribution < -0.4 is 0 Å². The highest BCUT2D eigenvalue weighted by molar-refractivity contribution is 7.26. The Hall–Kier alpha value is -8.36. The molecule has 0 saturated carbocycles. The smallest absolute Gasteiger partial charge is 0.0640 e. The molecular weight excluding hydrogens is 795 g/mol. The summed E-state index contributed by atoms with van der Waals surface area (Å²) in [6, 6.07) is 84.1. The summed E-state index contributed by atoms with van der Waals surface area (Å²) in [6.45, 7) is 0. The van der Waals surface area contributed by atoms with Crippen LogP contribution in [0.3, 0.4) is 0 Å². The highest BCUT2D eigenvalue weighted by Gasteiger charge is 2.22. The van der Waals surface area contributed by atoms with E-state index < -0.39 is 0 Å². The van der Waals surface area contributed by atoms with Crippen molar-refractivity contribution in [1.29, 1.82) is 0 Å². The molecule has 0 N–H and O–H groups in total. The predicted octanol–water partition coefficient (Wildman–Crippen LogP) is 16.3. The van der Waals surface area contributed by atoms with Gasteiger partial charge in [-0.2, -0.15) is 0 Å². The molecule has 296 valence electrons. The van der Waals surface area contributed by atoms with E-state index >= 15 is 0 Å². The number of benzene rings is 9. The van der Waals surface area contributed by atoms with Gasteiger partial charge in [-0.25, -0.2) is 0 Å². The van der Waals surface area contributed by atoms with E-state index in [-0.39, 0.29) is 0 Å². The molecule has 0 radical (unpaired) electrons. The van der Waals surface area contributed by atoms with Crippen molar-refractivity contribution in [2.45, 2.75) is 0 Å². The van der Waals surface area contributed by atoms with Crippen LogP contribution in [0.2, 0.25) is 0 Å². The minimum absolute atomic E-state index is 1.08. The first kappa shape index (κ1) is 35.3. The quantitative estimate of drug-likeness (QED) is 0.164. The van der Waals surface area contributed by atoms with E-state index in [0.717, 1.165) is 16.9 Å². The molecule has 0 aliphatic carbocycles. The van der Waals surface area contributed by atoms with Crippen LogP contribution >= 0.6 is 11.3 Å². The zero-order chi connectivity index (χ0) is 41.9. The topological polar surface area (TPSA) is 14.8 Å². The summed E-state index contributed by atoms with van der Waals surface area (Å²) in [6.07, 6.45) is 0. The van der Waals surface area contributed by atoms with Crippen LogP contribution in [-0.4, -0.2) is 13.7 Å². The van der Waals surface area contributed by atoms with Crippen LogP contribution in [0.1, 0.15) is 0 Å². The molecule has 0 unspecified atom stereocenters. The summed E-state index contributed by atoms with van der Waals surface area (Å²) in [5.41, 5.74) is 15.3. The van der Waals surface area contributed by atoms with Crippen LogP contribution in [0.15, 0.2) is 212 Å². The van der Waals surface area contributed by atoms with Crippen molar-refractivity contribution >= 4 is 96.9 Å². The van der Waals surface area contributed by atoms with Crippen LogP contribution in [0.25, 0.3) is 125 Å². The van der Waals surface area contributed by atoms with Gasteiger partial charge in [-0.05, 0) is 107 Å². The summed E-state index contributed by atoms with van der Waals surface area (Å²) in [7, 11) is 0. The van der Waals surface area contributed by atoms with Gasteiger partial charge in [0.1, 0.15) is 0 Å². The first-order valence-corrected chi connectivity index (χ1v) is 22.6. The second kappa shape index (κ2) is 13.6. The van der Waals surface area contributed by atoms with Crippen LogP contribution in [-0.2, 0) is 0 Å². The molecule has 4 heterocycles. The molecule has 0 amide bonds. The molecule has 3 nitrogen and oxygen atoms in total. The minimum Gasteiger partial charge on any atom is -0.309 e. The maximum Gasteiger partial charge on any atom is 0.0640 e. The number of thiophene rings is 1. The molecule has 0 saturated heterocycles. The highest BCUT2D eigenvalue weighted by Crippen LogP contribution is 2.45. The van der Waals surface area contributed by atoms with Gasteiger partial charge in [0.05, 0.1) is 49.2 Å². The van der Waals surface area contributed by atoms with Gasteiger partial charge in [0.15, 0.2) is 0 Å². The van der Waals surface area contributed by atoms with Gasteiger partial charge in [0, 0.05) is 59.5 Å². The van der Waals surface area contributed by atoms with Gasteiger partial charge in [-0.3, -0.25) is 0 Å². The van der Waals surface area contributed by atoms with Crippen molar-refractivity contribution in [3.63, 3.8) is 0 Å². The van der Waals surface area contributed by atoms with E-state index in [9.17, 15) is 0 Å². The number of hydrogen-bond donors (Lipinski definition) is 0. The number of aromatic nitrogens is 3. The third-order valence-electron chi connectivity index (χ3n) is 13.3. The highest BCUT2D eigenvalue weighted by atomic mass is 32.1. The molecule has 14 rings (SSSR count). The summed E-state index contributed by atoms with van der Waals surface area (Å²) in [5.74, 6) is 0. The molecule has 64 heavy (non-hydrogen) atoms. The maximum atomic E-state index is 3.17. The predicted molar refractivity (Wildman–Crippen MR) is 271 cm³/mol. The average Bonchev–Trinajstić information content (AvgIpc) is 4.10. The zero-order valence-electron chi connectivity index (χ0n) is 34.5. The standard InChI is InChI=1S/C60H35N3S/c1-3-16-38(17-4-1)47-36-51-44-22-9-13-27-54(44)63(57-28-15-24-46-45-23-10-14-29-59(45)64-60(46)57)58(51)37-48(47)39-30-32-55-49(34-39)42-20-7-12-26-53(42)62(55)41-31-33-56-50(35-41)43-21-8-11-25-52(43)61(56)40-18-5-2-6-19-40/h1,3-5,7-37H. The van der Waals surface area contributed by atoms with Crippen LogP contribution in [0.4, 0.5) is 0 Å². The molecule has 0 fully saturated rings. The Labute approximate surface area is 372 Å². The van der Waals surface area contributed by atoms with Crippen molar-refractivity contribution < 1.29 is 0 Å². The number of rotatable bonds is 5. The maximum absolute atomic E-state index is 3.17. The largest absolute Gasteiger partial charge is 0.309 e. The van der Waals surface area contributed by atoms with Gasteiger partial charge in [0.25, 0.3) is 0 Å². The van der Waals surface area contributed by atoms with Crippen molar-refractivity contribution in [2.24, 2.45) is 0 Å². The van der Waals surface area contributed by atoms with E-state index in [1.54, 1.807) is 0 Å². The lowest BCUT2D eigenvalue weighted by atomic mass is 9.92. The minimum atomic E-state index is 1.08. The molecule has 0 aliphatic heterocycles. The van der Waals surface area contributed by atoms with E-state index in [2.05, 4.69) is 226 Å². The Kier molecular flexibility index (Phi) is 7.48. The second-order valence-electron chi connectivity index (χ2n) is 16.7. The Morgan fingerprint density at radius 1 is 0.328 bits per heavy atom. The number of para-hydroxylation sites is 3. The van der Waals surface area contributed by atoms with Crippen molar-refractivity contribution in [2.75, 3.05) is 0 Å². The van der Waals surface area contributed by atoms with Crippen molar-refractivity contribution in [3.8, 4) is 39.3 Å². The van der Waals surface area contributed by atoms with Gasteiger partial charge >= 0.3 is 0 Å². The normalized spacial score (nSPS) is 11.9. The average molecular weight is 830 g/mol. The number of nitrogens with zero attached hydrogens (tertiary/aromatic N) is 3. The van der Waals surface area contributed by atoms with Gasteiger partial charge in [0.2, 0.25) is 0 Å². The fraction of sp³-hybridized carbons (Fsp3) is 0. The Morgan fingerprint density at radius 2 is 0.906 bits per heavy atom. The van der Waals surface area contributed by atoms with Crippen LogP contribution in [0.5, 0.6) is 0 Å². The summed E-state index contributed by atoms with van der Waals surface area (Å²) in [4.78, 5) is 0. The van der Waals surface area contributed by atoms with E-state index in [1.807, 2.05) is 23.5 Å². The molecule has 0 aliphatic rings. The second-order valence-corrected chi connectivity index (χ2v) is 17.8. The summed E-state index contributed by atoms with van der Waals surface area (Å²) in [5, 5.41) is 9.98. The van der Waals surface area contributed by atoms with E-state index in [0.29, 0.717) is 0 Å². The lowest BCUT2D eigenvalue weighted by Crippen LogP contribution is -1.96. The molecule has 0 atom stereocenters. The molecule has 4 heteroatoms. The van der Waals surface area contributed by atoms with Crippen LogP contribution in [0, 0.1) is 12.1 Å². The van der Waals surface area contributed by atoms with Crippen molar-refractivity contribution in [1.82, 2.24) is 13.7 Å². The molecular formula is C60H35N3S. The third-order valence-corrected chi connectivity index (χ3v) is 14.5. The number of fused-ring (bicyclic) bond motifs is 12. The van der Waals surface area contributed by atoms with Gasteiger partial charge in [-0.1, -0.05) is 133 Å². The fourth-order valence-corrected chi connectivity index (χ4v) is 11.8. The molecule has 4 aromatic heterocycles. The fourth-order valence-electron chi connectivity index (χ4n) is 10.6. The summed E-state index contributed by atoms with van der Waals surface area (Å²) < 4.78 is 9.89. The van der Waals surface area contributed by atoms with Gasteiger partial charge < -0.3 is 13.7 Å². The first-order valence-electron chi connectivity index (χ1n) is 21.8. The molecule has 0 bridgehead atoms. The SMILES string of the molecule is c1ccc(-n2c3ccccc3c3cc(-n4c5ccccc5c5cc(-c6cc7c(cc6-c6ccccc6)c6ccccc6n7-c6cccc7c6sc6ccccc67)ccc54)ccc32)cc#1. The Balaban J connectivity index is 1.02. The first-order chi connectivity index (χ1) is 31.8. The third kappa shape index (κ3) is 5.05. The zero-order valence-corrected chi connectivity index (χ0v) is 35.3. The van der Waals surface area contributed by atoms with Crippen molar-refractivity contribution in [3.05, 3.63) is 224 Å². The Bertz CT molecular complexity index is 4180. The molecule has 14 aromatic rings. The molecule has 0 spiro atoms. The van der Waals surface area contributed by atoms with Gasteiger partial charge in [-0.15, -0.1) is 11.3 Å². The van der Waals surface area contributed by atoms with E-state index in [4.69, 9.17) is 0 Å². The lowest BCUT2D eigenvalue weighted by Gasteiger charge is -2.15. The van der Waals surface area contributed by atoms with E-state index in [1.165, 1.54) is 108 Å². The number of hydrogen-bond acceptors (Lipinski definition) is 1. The molecule has 10 aromatic carbocycles. The summed E-state index contributed by atoms with van der Waals surface area (Å²) >= 11 is 1.88. The lowest BCUT2D eigenvalue weighted by molar-refractivity contribution is 1.17. The Morgan fingerprint density at radius 3 is 1.64 bits per heavy atom.